The Morgan fingerprint density at radius 3 is 2.52 bits per heavy atom. The summed E-state index contributed by atoms with van der Waals surface area (Å²) in [6.45, 7) is 2.42. The Balaban J connectivity index is 1.66. The number of nitrogens with two attached hydrogens (primary N) is 1. The zero-order valence-electron chi connectivity index (χ0n) is 23.2. The molecule has 10 nitrogen and oxygen atoms in total. The highest BCUT2D eigenvalue weighted by molar-refractivity contribution is 6.12. The first-order valence-corrected chi connectivity index (χ1v) is 13.0. The van der Waals surface area contributed by atoms with Crippen molar-refractivity contribution in [2.45, 2.75) is 33.9 Å². The average Bonchev–Trinajstić information content (AvgIpc) is 3.42. The summed E-state index contributed by atoms with van der Waals surface area (Å²) in [7, 11) is 1.46. The topological polar surface area (TPSA) is 134 Å². The van der Waals surface area contributed by atoms with Crippen molar-refractivity contribution in [3.63, 3.8) is 0 Å². The maximum atomic E-state index is 13.6. The van der Waals surface area contributed by atoms with Crippen LogP contribution in [0.25, 0.3) is 33.3 Å². The monoisotopic (exact) mass is 575 g/mol. The molecule has 12 heteroatoms. The Morgan fingerprint density at radius 1 is 1.12 bits per heavy atom. The van der Waals surface area contributed by atoms with Gasteiger partial charge in [-0.3, -0.25) is 14.4 Å². The second-order valence-electron chi connectivity index (χ2n) is 9.64. The third-order valence-corrected chi connectivity index (χ3v) is 6.83. The summed E-state index contributed by atoms with van der Waals surface area (Å²) in [6.07, 6.45) is 0. The Hall–Kier alpha value is -5.26. The Bertz CT molecular complexity index is 1920. The number of hydrogen-bond donors (Lipinski definition) is 2. The van der Waals surface area contributed by atoms with Crippen molar-refractivity contribution >= 4 is 28.4 Å². The van der Waals surface area contributed by atoms with Crippen molar-refractivity contribution in [1.82, 2.24) is 14.3 Å². The number of aromatic nitrogens is 3. The maximum absolute atomic E-state index is 13.6. The average molecular weight is 576 g/mol. The van der Waals surface area contributed by atoms with E-state index in [0.717, 1.165) is 4.74 Å². The zero-order chi connectivity index (χ0) is 30.3. The number of fused-ring (bicyclic) bond motifs is 1. The highest BCUT2D eigenvalue weighted by Crippen LogP contribution is 2.39. The molecule has 0 unspecified atom stereocenters. The van der Waals surface area contributed by atoms with Crippen LogP contribution in [0.3, 0.4) is 0 Å². The summed E-state index contributed by atoms with van der Waals surface area (Å²) in [5, 5.41) is 3.42. The molecule has 3 aromatic heterocycles. The van der Waals surface area contributed by atoms with Gasteiger partial charge in [-0.25, -0.2) is 4.98 Å². The number of amides is 2. The van der Waals surface area contributed by atoms with Crippen molar-refractivity contribution in [3.05, 3.63) is 87.7 Å². The lowest BCUT2D eigenvalue weighted by Gasteiger charge is -2.15. The molecule has 0 bridgehead atoms. The molecule has 0 fully saturated rings. The summed E-state index contributed by atoms with van der Waals surface area (Å²) < 4.78 is 40.4. The number of alkyl halides is 2. The lowest BCUT2D eigenvalue weighted by atomic mass is 10.0. The van der Waals surface area contributed by atoms with Gasteiger partial charge in [0, 0.05) is 41.5 Å². The summed E-state index contributed by atoms with van der Waals surface area (Å²) >= 11 is 0. The number of primary amides is 1. The van der Waals surface area contributed by atoms with Crippen molar-refractivity contribution < 1.29 is 27.6 Å². The Labute approximate surface area is 238 Å². The van der Waals surface area contributed by atoms with Crippen LogP contribution in [0.2, 0.25) is 0 Å². The van der Waals surface area contributed by atoms with E-state index in [2.05, 4.69) is 10.3 Å². The molecule has 0 saturated carbocycles. The van der Waals surface area contributed by atoms with Gasteiger partial charge >= 0.3 is 6.61 Å². The van der Waals surface area contributed by atoms with E-state index in [4.69, 9.17) is 15.0 Å². The number of carbonyl (C=O) groups is 2. The molecule has 0 aliphatic carbocycles. The lowest BCUT2D eigenvalue weighted by Crippen LogP contribution is -2.17. The third kappa shape index (κ3) is 5.14. The lowest BCUT2D eigenvalue weighted by molar-refractivity contribution is -0.0494. The fraction of sp³-hybridized carbons (Fsp3) is 0.200. The molecule has 5 aromatic rings. The molecule has 0 radical (unpaired) electrons. The molecule has 5 rings (SSSR count). The minimum atomic E-state index is -3.13. The third-order valence-electron chi connectivity index (χ3n) is 6.83. The van der Waals surface area contributed by atoms with E-state index < -0.39 is 24.0 Å². The van der Waals surface area contributed by atoms with Crippen LogP contribution in [0.5, 0.6) is 5.75 Å². The highest BCUT2D eigenvalue weighted by Gasteiger charge is 2.24. The number of pyridine rings is 1. The first kappa shape index (κ1) is 28.3. The molecule has 216 valence electrons. The van der Waals surface area contributed by atoms with E-state index in [1.54, 1.807) is 54.8 Å². The fourth-order valence-corrected chi connectivity index (χ4v) is 5.09. The van der Waals surface area contributed by atoms with Crippen LogP contribution in [-0.2, 0) is 13.6 Å². The van der Waals surface area contributed by atoms with Crippen molar-refractivity contribution in [3.8, 4) is 28.1 Å². The van der Waals surface area contributed by atoms with Gasteiger partial charge in [0.15, 0.2) is 5.69 Å². The number of hydrogen-bond acceptors (Lipinski definition) is 6. The number of halogens is 2. The van der Waals surface area contributed by atoms with E-state index in [9.17, 15) is 23.2 Å². The van der Waals surface area contributed by atoms with Crippen LogP contribution in [0, 0.1) is 13.8 Å². The second kappa shape index (κ2) is 11.0. The van der Waals surface area contributed by atoms with Gasteiger partial charge in [0.1, 0.15) is 11.5 Å². The maximum Gasteiger partial charge on any atom is 0.387 e. The van der Waals surface area contributed by atoms with Gasteiger partial charge < -0.3 is 24.9 Å². The fourth-order valence-electron chi connectivity index (χ4n) is 5.09. The van der Waals surface area contributed by atoms with E-state index in [1.807, 2.05) is 6.92 Å². The van der Waals surface area contributed by atoms with E-state index in [0.29, 0.717) is 51.4 Å². The van der Waals surface area contributed by atoms with Gasteiger partial charge in [-0.2, -0.15) is 13.5 Å². The molecule has 0 aliphatic heterocycles. The van der Waals surface area contributed by atoms with Crippen LogP contribution < -0.4 is 21.3 Å². The van der Waals surface area contributed by atoms with Crippen LogP contribution >= 0.6 is 0 Å². The smallest absolute Gasteiger partial charge is 0.387 e. The van der Waals surface area contributed by atoms with Gasteiger partial charge in [0.25, 0.3) is 11.5 Å². The summed E-state index contributed by atoms with van der Waals surface area (Å²) in [5.41, 5.74) is 8.11. The van der Waals surface area contributed by atoms with E-state index in [-0.39, 0.29) is 22.6 Å². The molecule has 0 atom stereocenters. The molecule has 0 aliphatic rings. The quantitative estimate of drug-likeness (QED) is 0.260. The van der Waals surface area contributed by atoms with Gasteiger partial charge in [-0.05, 0) is 68.8 Å². The summed E-state index contributed by atoms with van der Waals surface area (Å²) in [6, 6.07) is 14.4. The standard InChI is InChI=1S/C30H27F2N5O5/c1-5-37-22(21-10-9-17(14-23(21)41-30(31)32)24-16(3)42-36(4)29(24)40)13-19-11-15(2)34-25(26(19)37)28(39)35-20-8-6-7-18(12-20)27(33)38/h6-14,30H,5H2,1-4H3,(H2,33,38)(H,35,39). The molecule has 42 heavy (non-hydrogen) atoms. The first-order valence-electron chi connectivity index (χ1n) is 13.0. The molecule has 3 N–H and O–H groups in total. The number of ether oxygens (including phenoxy) is 1. The molecular weight excluding hydrogens is 548 g/mol. The van der Waals surface area contributed by atoms with Gasteiger partial charge in [0.2, 0.25) is 5.91 Å². The summed E-state index contributed by atoms with van der Waals surface area (Å²) in [5.74, 6) is -0.987. The van der Waals surface area contributed by atoms with Crippen LogP contribution in [0.15, 0.2) is 63.9 Å². The number of anilines is 1. The number of rotatable bonds is 8. The predicted octanol–water partition coefficient (Wildman–Crippen LogP) is 5.25. The normalized spacial score (nSPS) is 11.3. The SMILES string of the molecule is CCn1c(-c2ccc(-c3c(C)on(C)c3=O)cc2OC(F)F)cc2cc(C)nc(C(=O)Nc3cccc(C(N)=O)c3)c21. The number of benzene rings is 2. The minimum Gasteiger partial charge on any atom is -0.434 e. The van der Waals surface area contributed by atoms with Gasteiger partial charge in [-0.15, -0.1) is 0 Å². The van der Waals surface area contributed by atoms with E-state index >= 15 is 0 Å². The number of nitrogens with zero attached hydrogens (tertiary/aromatic N) is 3. The van der Waals surface area contributed by atoms with Gasteiger partial charge in [0.05, 0.1) is 16.8 Å². The number of nitrogens with one attached hydrogen (secondary N) is 1. The largest absolute Gasteiger partial charge is 0.434 e. The first-order chi connectivity index (χ1) is 20.0. The molecule has 0 saturated heterocycles. The molecule has 2 aromatic carbocycles. The predicted molar refractivity (Wildman–Crippen MR) is 153 cm³/mol. The highest BCUT2D eigenvalue weighted by atomic mass is 19.3. The van der Waals surface area contributed by atoms with Crippen molar-refractivity contribution in [1.29, 1.82) is 0 Å². The molecule has 2 amide bonds. The van der Waals surface area contributed by atoms with Crippen LogP contribution in [0.1, 0.15) is 39.2 Å². The molecule has 3 heterocycles. The number of aryl methyl sites for hydroxylation is 4. The van der Waals surface area contributed by atoms with Crippen LogP contribution in [0.4, 0.5) is 14.5 Å². The second-order valence-corrected chi connectivity index (χ2v) is 9.64. The molecular formula is C30H27F2N5O5. The zero-order valence-corrected chi connectivity index (χ0v) is 23.2. The number of carbonyl (C=O) groups excluding carboxylic acids is 2. The Morgan fingerprint density at radius 2 is 1.88 bits per heavy atom. The molecule has 0 spiro atoms. The Kier molecular flexibility index (Phi) is 7.38. The van der Waals surface area contributed by atoms with Crippen LogP contribution in [-0.4, -0.2) is 32.7 Å². The van der Waals surface area contributed by atoms with Crippen molar-refractivity contribution in [2.75, 3.05) is 5.32 Å². The van der Waals surface area contributed by atoms with Crippen molar-refractivity contribution in [2.24, 2.45) is 12.8 Å². The summed E-state index contributed by atoms with van der Waals surface area (Å²) in [4.78, 5) is 42.2. The van der Waals surface area contributed by atoms with E-state index in [1.165, 1.54) is 25.2 Å². The van der Waals surface area contributed by atoms with Gasteiger partial charge in [-0.1, -0.05) is 12.1 Å². The minimum absolute atomic E-state index is 0.105.